The predicted molar refractivity (Wildman–Crippen MR) is 225 cm³/mol. The second-order valence-electron chi connectivity index (χ2n) is 17.6. The molecule has 0 spiro atoms. The number of aliphatic hydroxyl groups excluding tert-OH is 2. The Bertz CT molecular complexity index is 2360. The lowest BCUT2D eigenvalue weighted by molar-refractivity contribution is -0.346. The number of carbonyl (C=O) groups is 6. The van der Waals surface area contributed by atoms with E-state index in [0.717, 1.165) is 6.92 Å². The lowest BCUT2D eigenvalue weighted by Gasteiger charge is -2.67. The maximum atomic E-state index is 15.6. The van der Waals surface area contributed by atoms with Crippen LogP contribution in [0.2, 0.25) is 0 Å². The van der Waals surface area contributed by atoms with Crippen molar-refractivity contribution in [3.8, 4) is 5.75 Å². The number of aliphatic hydroxyl groups is 3. The molecule has 2 aromatic carbocycles. The number of hydrogen-bond donors (Lipinski definition) is 4. The van der Waals surface area contributed by atoms with Crippen LogP contribution in [0.5, 0.6) is 5.75 Å². The first-order chi connectivity index (χ1) is 30.8. The van der Waals surface area contributed by atoms with Crippen molar-refractivity contribution < 1.29 is 76.9 Å². The van der Waals surface area contributed by atoms with Crippen LogP contribution in [0.1, 0.15) is 76.5 Å². The molecule has 1 aliphatic heterocycles. The predicted octanol–water partition coefficient (Wildman–Crippen LogP) is 3.65. The molecule has 11 atom stereocenters. The van der Waals surface area contributed by atoms with Crippen molar-refractivity contribution in [3.63, 3.8) is 0 Å². The highest BCUT2D eigenvalue weighted by Gasteiger charge is 2.78. The van der Waals surface area contributed by atoms with Gasteiger partial charge in [0.1, 0.15) is 53.7 Å². The highest BCUT2D eigenvalue weighted by atomic mass is 16.6. The summed E-state index contributed by atoms with van der Waals surface area (Å²) in [5, 5.41) is 40.3. The molecule has 1 amide bonds. The molecule has 3 fully saturated rings. The van der Waals surface area contributed by atoms with Crippen molar-refractivity contribution in [2.24, 2.45) is 16.7 Å². The number of ether oxygens (including phenoxy) is 6. The van der Waals surface area contributed by atoms with Gasteiger partial charge in [-0.3, -0.25) is 14.4 Å². The van der Waals surface area contributed by atoms with Gasteiger partial charge in [0.15, 0.2) is 24.1 Å². The number of amides is 1. The number of allylic oxidation sites excluding steroid dienone is 1. The summed E-state index contributed by atoms with van der Waals surface area (Å²) >= 11 is 0. The Morgan fingerprint density at radius 1 is 0.954 bits per heavy atom. The number of benzene rings is 2. The van der Waals surface area contributed by atoms with Gasteiger partial charge in [0.2, 0.25) is 5.91 Å². The zero-order chi connectivity index (χ0) is 47.1. The van der Waals surface area contributed by atoms with E-state index in [4.69, 9.17) is 32.8 Å². The molecule has 2 saturated carbocycles. The van der Waals surface area contributed by atoms with Crippen LogP contribution < -0.4 is 10.1 Å². The molecule has 7 rings (SSSR count). The van der Waals surface area contributed by atoms with Gasteiger partial charge in [0.05, 0.1) is 29.8 Å². The van der Waals surface area contributed by atoms with Crippen molar-refractivity contribution in [2.45, 2.75) is 108 Å². The Morgan fingerprint density at radius 3 is 2.23 bits per heavy atom. The maximum Gasteiger partial charge on any atom is 0.344 e. The van der Waals surface area contributed by atoms with Crippen LogP contribution >= 0.6 is 0 Å². The topological polar surface area (TPSA) is 244 Å². The number of esters is 4. The van der Waals surface area contributed by atoms with Crippen molar-refractivity contribution in [3.05, 3.63) is 114 Å². The lowest BCUT2D eigenvalue weighted by Crippen LogP contribution is -2.82. The van der Waals surface area contributed by atoms with Crippen LogP contribution in [0.3, 0.4) is 0 Å². The summed E-state index contributed by atoms with van der Waals surface area (Å²) < 4.78 is 41.7. The maximum absolute atomic E-state index is 15.6. The van der Waals surface area contributed by atoms with Crippen LogP contribution in [0.25, 0.3) is 0 Å². The standard InChI is InChI=1S/C48H53NO16/c1-7-15-34(51)49-37(30-20-14-21-59-30)39(54)44(57)62-31-23-48(58)42(64-43(56)28-16-10-8-11-17-28)40-46(6,41(55)38(53)36(26(31)2)45(48,4)5)32(22-33-47(40,25-61-33)65-27(3)50)63-35(52)24-60-29-18-12-9-13-19-29/h7-21,31-33,37-40,42,53-54,58H,22-25H2,1-6H3,(H,49,51)/b15-7-/t31-,32-,33+,37-,38+,39+,40?,42?,46+,47-,48+/m0/s1. The van der Waals surface area contributed by atoms with Gasteiger partial charge in [-0.15, -0.1) is 0 Å². The summed E-state index contributed by atoms with van der Waals surface area (Å²) in [7, 11) is 0. The van der Waals surface area contributed by atoms with Crippen LogP contribution in [0.4, 0.5) is 0 Å². The average molecular weight is 900 g/mol. The Morgan fingerprint density at radius 2 is 1.63 bits per heavy atom. The molecule has 65 heavy (non-hydrogen) atoms. The Balaban J connectivity index is 1.37. The largest absolute Gasteiger partial charge is 0.482 e. The van der Waals surface area contributed by atoms with Gasteiger partial charge >= 0.3 is 23.9 Å². The second-order valence-corrected chi connectivity index (χ2v) is 17.6. The second kappa shape index (κ2) is 18.0. The van der Waals surface area contributed by atoms with Crippen LogP contribution in [0.15, 0.2) is 107 Å². The van der Waals surface area contributed by atoms with Crippen molar-refractivity contribution in [1.29, 1.82) is 0 Å². The fraction of sp³-hybridized carbons (Fsp3) is 0.458. The summed E-state index contributed by atoms with van der Waals surface area (Å²) in [6.07, 6.45) is -7.06. The number of carbonyl (C=O) groups excluding carboxylic acids is 6. The zero-order valence-corrected chi connectivity index (χ0v) is 36.8. The normalized spacial score (nSPS) is 31.1. The first kappa shape index (κ1) is 46.8. The molecule has 1 aromatic heterocycles. The van der Waals surface area contributed by atoms with E-state index in [1.165, 1.54) is 70.4 Å². The smallest absolute Gasteiger partial charge is 0.344 e. The minimum absolute atomic E-state index is 0.0105. The summed E-state index contributed by atoms with van der Waals surface area (Å²) in [6.45, 7) is 7.73. The number of furan rings is 1. The minimum Gasteiger partial charge on any atom is -0.482 e. The van der Waals surface area contributed by atoms with E-state index in [2.05, 4.69) is 5.32 Å². The number of Topliss-reactive ketones (excluding diaryl/α,β-unsaturated/α-hetero) is 1. The van der Waals surface area contributed by atoms with E-state index >= 15 is 4.79 Å². The molecule has 0 radical (unpaired) electrons. The summed E-state index contributed by atoms with van der Waals surface area (Å²) in [4.78, 5) is 83.6. The first-order valence-electron chi connectivity index (χ1n) is 21.3. The quantitative estimate of drug-likeness (QED) is 0.0828. The third-order valence-corrected chi connectivity index (χ3v) is 13.5. The summed E-state index contributed by atoms with van der Waals surface area (Å²) in [5.74, 6) is -6.84. The molecule has 3 aliphatic carbocycles. The number of nitrogens with one attached hydrogen (secondary N) is 1. The van der Waals surface area contributed by atoms with E-state index in [1.807, 2.05) is 0 Å². The van der Waals surface area contributed by atoms with Gasteiger partial charge in [0.25, 0.3) is 0 Å². The molecule has 1 saturated heterocycles. The molecular weight excluding hydrogens is 847 g/mol. The molecule has 2 heterocycles. The van der Waals surface area contributed by atoms with Crippen LogP contribution in [0, 0.1) is 16.7 Å². The molecule has 3 aromatic rings. The first-order valence-corrected chi connectivity index (χ1v) is 21.3. The van der Waals surface area contributed by atoms with E-state index < -0.39 is 119 Å². The fourth-order valence-electron chi connectivity index (χ4n) is 10.2. The van der Waals surface area contributed by atoms with E-state index in [1.54, 1.807) is 55.5 Å². The van der Waals surface area contributed by atoms with Gasteiger partial charge in [-0.2, -0.15) is 0 Å². The van der Waals surface area contributed by atoms with E-state index in [0.29, 0.717) is 5.75 Å². The van der Waals surface area contributed by atoms with Gasteiger partial charge < -0.3 is 53.5 Å². The third kappa shape index (κ3) is 8.26. The van der Waals surface area contributed by atoms with Crippen molar-refractivity contribution in [2.75, 3.05) is 13.2 Å². The molecule has 17 nitrogen and oxygen atoms in total. The SMILES string of the molecule is C/C=C\C(=O)N[C@@H](c1ccco1)[C@@H](O)C(=O)O[C@H]1C[C@@]2(O)C(OC(=O)c3ccccc3)C3[C@](C)(C(=O)[C@H](O)C(=C1C)C2(C)C)[C@@H](OC(=O)COc1ccccc1)C[C@H]1OC[C@@]31OC(C)=O. The van der Waals surface area contributed by atoms with E-state index in [9.17, 15) is 39.3 Å². The van der Waals surface area contributed by atoms with Gasteiger partial charge in [-0.1, -0.05) is 56.3 Å². The molecule has 17 heteroatoms. The Kier molecular flexibility index (Phi) is 13.0. The Labute approximate surface area is 374 Å². The number of fused-ring (bicyclic) bond motifs is 5. The lowest BCUT2D eigenvalue weighted by atomic mass is 9.44. The van der Waals surface area contributed by atoms with Gasteiger partial charge in [-0.25, -0.2) is 14.4 Å². The molecule has 4 aliphatic rings. The van der Waals surface area contributed by atoms with Crippen LogP contribution in [-0.4, -0.2) is 112 Å². The molecule has 346 valence electrons. The highest BCUT2D eigenvalue weighted by Crippen LogP contribution is 2.64. The minimum atomic E-state index is -2.44. The highest BCUT2D eigenvalue weighted by molar-refractivity contribution is 5.94. The molecule has 2 unspecified atom stereocenters. The number of rotatable bonds is 13. The number of ketones is 1. The van der Waals surface area contributed by atoms with Gasteiger partial charge in [-0.05, 0) is 74.4 Å². The number of para-hydroxylation sites is 1. The fourth-order valence-corrected chi connectivity index (χ4v) is 10.2. The summed E-state index contributed by atoms with van der Waals surface area (Å²) in [5.41, 5.74) is -8.05. The monoisotopic (exact) mass is 899 g/mol. The van der Waals surface area contributed by atoms with Crippen LogP contribution in [-0.2, 0) is 47.7 Å². The van der Waals surface area contributed by atoms with Crippen molar-refractivity contribution >= 4 is 35.6 Å². The average Bonchev–Trinajstić information content (AvgIpc) is 3.81. The zero-order valence-electron chi connectivity index (χ0n) is 36.8. The summed E-state index contributed by atoms with van der Waals surface area (Å²) in [6, 6.07) is 17.7. The molecular formula is C48H53NO16. The third-order valence-electron chi connectivity index (χ3n) is 13.5. The van der Waals surface area contributed by atoms with Crippen molar-refractivity contribution in [1.82, 2.24) is 5.32 Å². The molecule has 4 N–H and O–H groups in total. The Hall–Kier alpha value is -6.14. The van der Waals surface area contributed by atoms with E-state index in [-0.39, 0.29) is 35.5 Å². The van der Waals surface area contributed by atoms with Gasteiger partial charge in [0, 0.05) is 25.2 Å². The number of hydrogen-bond acceptors (Lipinski definition) is 16. The molecule has 2 bridgehead atoms.